The molecule has 2 aromatic rings. The van der Waals surface area contributed by atoms with Crippen molar-refractivity contribution in [2.24, 2.45) is 11.3 Å². The highest BCUT2D eigenvalue weighted by Crippen LogP contribution is 2.54. The number of rotatable bonds is 9. The summed E-state index contributed by atoms with van der Waals surface area (Å²) in [7, 11) is 4.83. The molecule has 0 saturated heterocycles. The fourth-order valence-electron chi connectivity index (χ4n) is 5.54. The molecule has 1 N–H and O–H groups in total. The number of benzene rings is 2. The highest BCUT2D eigenvalue weighted by Gasteiger charge is 2.54. The van der Waals surface area contributed by atoms with E-state index < -0.39 is 0 Å². The molecular formula is C29H38O7. The number of hydrogen-bond acceptors (Lipinski definition) is 7. The van der Waals surface area contributed by atoms with Crippen LogP contribution in [0.4, 0.5) is 0 Å². The molecule has 1 saturated carbocycles. The Bertz CT molecular complexity index is 1070. The monoisotopic (exact) mass is 498 g/mol. The fraction of sp³-hybridized carbons (Fsp3) is 0.517. The van der Waals surface area contributed by atoms with E-state index in [9.17, 15) is 5.11 Å². The maximum absolute atomic E-state index is 10.7. The Morgan fingerprint density at radius 2 is 1.53 bits per heavy atom. The second-order valence-electron chi connectivity index (χ2n) is 10.4. The van der Waals surface area contributed by atoms with Crippen LogP contribution in [0.3, 0.4) is 0 Å². The molecule has 36 heavy (non-hydrogen) atoms. The molecule has 7 nitrogen and oxygen atoms in total. The summed E-state index contributed by atoms with van der Waals surface area (Å²) in [5.41, 5.74) is 2.42. The number of aliphatic hydroxyl groups excluding tert-OH is 1. The largest absolute Gasteiger partial charge is 0.493 e. The van der Waals surface area contributed by atoms with Gasteiger partial charge in [-0.3, -0.25) is 0 Å². The van der Waals surface area contributed by atoms with Gasteiger partial charge in [-0.15, -0.1) is 0 Å². The molecule has 1 fully saturated rings. The van der Waals surface area contributed by atoms with Gasteiger partial charge in [-0.2, -0.15) is 0 Å². The van der Waals surface area contributed by atoms with Crippen molar-refractivity contribution in [1.82, 2.24) is 0 Å². The van der Waals surface area contributed by atoms with E-state index in [1.807, 2.05) is 30.4 Å². The van der Waals surface area contributed by atoms with Gasteiger partial charge in [0.1, 0.15) is 17.1 Å². The minimum Gasteiger partial charge on any atom is -0.493 e. The van der Waals surface area contributed by atoms with E-state index in [-0.39, 0.29) is 36.6 Å². The third-order valence-corrected chi connectivity index (χ3v) is 7.60. The third-order valence-electron chi connectivity index (χ3n) is 7.60. The van der Waals surface area contributed by atoms with Crippen LogP contribution in [0, 0.1) is 11.3 Å². The van der Waals surface area contributed by atoms with Crippen LogP contribution in [0.5, 0.6) is 23.0 Å². The highest BCUT2D eigenvalue weighted by molar-refractivity contribution is 5.73. The van der Waals surface area contributed by atoms with E-state index in [4.69, 9.17) is 28.4 Å². The van der Waals surface area contributed by atoms with Crippen LogP contribution in [0.1, 0.15) is 50.3 Å². The van der Waals surface area contributed by atoms with Crippen LogP contribution in [0.15, 0.2) is 30.3 Å². The Labute approximate surface area is 213 Å². The molecule has 0 radical (unpaired) electrons. The lowest BCUT2D eigenvalue weighted by molar-refractivity contribution is -0.138. The molecule has 3 atom stereocenters. The Morgan fingerprint density at radius 1 is 0.917 bits per heavy atom. The summed E-state index contributed by atoms with van der Waals surface area (Å²) in [6.45, 7) is 6.76. The van der Waals surface area contributed by atoms with Crippen LogP contribution < -0.4 is 18.9 Å². The Balaban J connectivity index is 1.65. The van der Waals surface area contributed by atoms with E-state index >= 15 is 0 Å². The van der Waals surface area contributed by atoms with Gasteiger partial charge in [0.25, 0.3) is 0 Å². The lowest BCUT2D eigenvalue weighted by Crippen LogP contribution is -2.58. The summed E-state index contributed by atoms with van der Waals surface area (Å²) >= 11 is 0. The van der Waals surface area contributed by atoms with Crippen molar-refractivity contribution < 1.29 is 33.5 Å². The molecule has 0 amide bonds. The van der Waals surface area contributed by atoms with Gasteiger partial charge in [0.15, 0.2) is 25.1 Å². The normalized spacial score (nSPS) is 24.5. The quantitative estimate of drug-likeness (QED) is 0.370. The average Bonchev–Trinajstić information content (AvgIpc) is 2.86. The first kappa shape index (κ1) is 26.3. The molecule has 7 heteroatoms. The standard InChI is InChI=1S/C29H38O7/c1-28(2)25-15-21-11-19(14-24(33-6)27(21)36-29(25,3)10-9-26(28)30)7-8-20-12-22(34-17-31-4)16-23(13-20)35-18-32-5/h7-8,11-14,16,25-26,30H,9-10,15,17-18H2,1-6H3. The predicted molar refractivity (Wildman–Crippen MR) is 139 cm³/mol. The first-order chi connectivity index (χ1) is 17.2. The summed E-state index contributed by atoms with van der Waals surface area (Å²) in [4.78, 5) is 0. The number of hydrogen-bond donors (Lipinski definition) is 1. The summed E-state index contributed by atoms with van der Waals surface area (Å²) in [5.74, 6) is 3.00. The first-order valence-corrected chi connectivity index (χ1v) is 12.3. The van der Waals surface area contributed by atoms with E-state index in [1.165, 1.54) is 0 Å². The van der Waals surface area contributed by atoms with Crippen molar-refractivity contribution in [3.05, 3.63) is 47.0 Å². The summed E-state index contributed by atoms with van der Waals surface area (Å²) in [6.07, 6.45) is 6.08. The zero-order valence-electron chi connectivity index (χ0n) is 22.1. The molecule has 2 aromatic carbocycles. The molecule has 0 bridgehead atoms. The molecular weight excluding hydrogens is 460 g/mol. The second-order valence-corrected chi connectivity index (χ2v) is 10.4. The van der Waals surface area contributed by atoms with Gasteiger partial charge in [-0.25, -0.2) is 0 Å². The van der Waals surface area contributed by atoms with E-state index in [2.05, 4.69) is 26.8 Å². The molecule has 1 aliphatic heterocycles. The maximum atomic E-state index is 10.7. The first-order valence-electron chi connectivity index (χ1n) is 12.3. The van der Waals surface area contributed by atoms with Crippen LogP contribution in [0.2, 0.25) is 0 Å². The van der Waals surface area contributed by atoms with Gasteiger partial charge < -0.3 is 33.5 Å². The summed E-state index contributed by atoms with van der Waals surface area (Å²) in [6, 6.07) is 9.79. The lowest BCUT2D eigenvalue weighted by Gasteiger charge is -2.55. The van der Waals surface area contributed by atoms with Crippen molar-refractivity contribution in [3.63, 3.8) is 0 Å². The number of aliphatic hydroxyl groups is 1. The maximum Gasteiger partial charge on any atom is 0.188 e. The van der Waals surface area contributed by atoms with Gasteiger partial charge in [0, 0.05) is 26.2 Å². The van der Waals surface area contributed by atoms with Crippen LogP contribution in [0.25, 0.3) is 12.2 Å². The van der Waals surface area contributed by atoms with Gasteiger partial charge in [-0.05, 0) is 72.6 Å². The molecule has 1 heterocycles. The highest BCUT2D eigenvalue weighted by atomic mass is 16.7. The van der Waals surface area contributed by atoms with Crippen LogP contribution in [-0.4, -0.2) is 51.7 Å². The average molecular weight is 499 g/mol. The number of fused-ring (bicyclic) bond motifs is 2. The van der Waals surface area contributed by atoms with Crippen molar-refractivity contribution in [3.8, 4) is 23.0 Å². The predicted octanol–water partition coefficient (Wildman–Crippen LogP) is 5.32. The van der Waals surface area contributed by atoms with Gasteiger partial charge in [0.05, 0.1) is 13.2 Å². The minimum atomic E-state index is -0.340. The summed E-state index contributed by atoms with van der Waals surface area (Å²) in [5, 5.41) is 10.7. The second kappa shape index (κ2) is 10.7. The topological polar surface area (TPSA) is 75.6 Å². The van der Waals surface area contributed by atoms with Gasteiger partial charge in [0.2, 0.25) is 0 Å². The number of ether oxygens (including phenoxy) is 6. The lowest BCUT2D eigenvalue weighted by atomic mass is 9.57. The summed E-state index contributed by atoms with van der Waals surface area (Å²) < 4.78 is 33.7. The SMILES string of the molecule is COCOc1cc(C=Cc2cc3c(c(OC)c2)OC2(C)CCC(O)C(C)(C)C2C3)cc(OCOC)c1. The van der Waals surface area contributed by atoms with Crippen LogP contribution in [-0.2, 0) is 15.9 Å². The zero-order chi connectivity index (χ0) is 25.9. The van der Waals surface area contributed by atoms with E-state index in [0.29, 0.717) is 11.5 Å². The van der Waals surface area contributed by atoms with Crippen molar-refractivity contribution in [2.75, 3.05) is 34.9 Å². The Kier molecular flexibility index (Phi) is 7.83. The zero-order valence-corrected chi connectivity index (χ0v) is 22.1. The molecule has 4 rings (SSSR count). The molecule has 2 aliphatic rings. The minimum absolute atomic E-state index is 0.143. The number of methoxy groups -OCH3 is 3. The molecule has 196 valence electrons. The van der Waals surface area contributed by atoms with E-state index in [1.54, 1.807) is 27.4 Å². The van der Waals surface area contributed by atoms with Gasteiger partial charge >= 0.3 is 0 Å². The Hall–Kier alpha value is -2.74. The Morgan fingerprint density at radius 3 is 2.11 bits per heavy atom. The van der Waals surface area contributed by atoms with Crippen molar-refractivity contribution in [1.29, 1.82) is 0 Å². The third kappa shape index (κ3) is 5.33. The van der Waals surface area contributed by atoms with Crippen molar-refractivity contribution in [2.45, 2.75) is 51.7 Å². The smallest absolute Gasteiger partial charge is 0.188 e. The van der Waals surface area contributed by atoms with Crippen LogP contribution >= 0.6 is 0 Å². The molecule has 1 aliphatic carbocycles. The van der Waals surface area contributed by atoms with Gasteiger partial charge in [-0.1, -0.05) is 26.0 Å². The van der Waals surface area contributed by atoms with E-state index in [0.717, 1.165) is 47.5 Å². The molecule has 0 spiro atoms. The molecule has 0 aromatic heterocycles. The fourth-order valence-corrected chi connectivity index (χ4v) is 5.54. The molecule has 3 unspecified atom stereocenters. The van der Waals surface area contributed by atoms with Crippen molar-refractivity contribution >= 4 is 12.2 Å².